The molecule has 86 valence electrons. The van der Waals surface area contributed by atoms with Crippen LogP contribution in [-0.4, -0.2) is 13.0 Å². The molecule has 1 aromatic heterocycles. The van der Waals surface area contributed by atoms with Gasteiger partial charge >= 0.3 is 0 Å². The van der Waals surface area contributed by atoms with Gasteiger partial charge in [0.25, 0.3) is 0 Å². The smallest absolute Gasteiger partial charge is 0.240 e. The Morgan fingerprint density at radius 2 is 2.00 bits per heavy atom. The van der Waals surface area contributed by atoms with Gasteiger partial charge in [-0.25, -0.2) is 13.6 Å². The van der Waals surface area contributed by atoms with Crippen molar-refractivity contribution in [2.45, 2.75) is 11.8 Å². The van der Waals surface area contributed by atoms with Gasteiger partial charge in [-0.1, -0.05) is 11.6 Å². The van der Waals surface area contributed by atoms with Gasteiger partial charge in [0.2, 0.25) is 10.0 Å². The maximum atomic E-state index is 11.5. The maximum absolute atomic E-state index is 11.5. The number of sulfonamides is 1. The molecule has 16 heavy (non-hydrogen) atoms. The molecule has 0 spiro atoms. The first kappa shape index (κ1) is 11.4. The van der Waals surface area contributed by atoms with Crippen LogP contribution in [0.3, 0.4) is 0 Å². The van der Waals surface area contributed by atoms with Gasteiger partial charge in [0.05, 0.1) is 10.5 Å². The van der Waals surface area contributed by atoms with E-state index >= 15 is 0 Å². The maximum Gasteiger partial charge on any atom is 0.240 e. The number of aromatic nitrogens is 1. The van der Waals surface area contributed by atoms with Crippen LogP contribution in [0.4, 0.5) is 0 Å². The van der Waals surface area contributed by atoms with E-state index in [1.54, 1.807) is 30.8 Å². The van der Waals surface area contributed by atoms with Gasteiger partial charge in [-0.15, -0.1) is 0 Å². The molecule has 0 aliphatic heterocycles. The normalized spacial score (nSPS) is 12.2. The van der Waals surface area contributed by atoms with Crippen molar-refractivity contribution in [2.75, 3.05) is 0 Å². The Morgan fingerprint density at radius 1 is 1.38 bits per heavy atom. The molecule has 1 heterocycles. The van der Waals surface area contributed by atoms with Crippen molar-refractivity contribution < 1.29 is 8.42 Å². The summed E-state index contributed by atoms with van der Waals surface area (Å²) >= 11 is 6.02. The van der Waals surface area contributed by atoms with Gasteiger partial charge in [0.1, 0.15) is 4.90 Å². The van der Waals surface area contributed by atoms with Crippen molar-refractivity contribution in [3.8, 4) is 0 Å². The van der Waals surface area contributed by atoms with Gasteiger partial charge in [0, 0.05) is 18.6 Å². The molecule has 1 aromatic carbocycles. The molecule has 0 unspecified atom stereocenters. The molecule has 0 aliphatic carbocycles. The van der Waals surface area contributed by atoms with Gasteiger partial charge in [-0.2, -0.15) is 0 Å². The van der Waals surface area contributed by atoms with Crippen molar-refractivity contribution in [2.24, 2.45) is 12.2 Å². The molecular formula is C10H11ClN2O2S. The molecule has 0 amide bonds. The molecule has 4 nitrogen and oxygen atoms in total. The Morgan fingerprint density at radius 3 is 2.56 bits per heavy atom. The van der Waals surface area contributed by atoms with Crippen LogP contribution in [0.2, 0.25) is 5.02 Å². The Balaban J connectivity index is 3.04. The van der Waals surface area contributed by atoms with Crippen LogP contribution in [-0.2, 0) is 17.1 Å². The number of halogens is 1. The third-order valence-corrected chi connectivity index (χ3v) is 3.67. The molecule has 2 N–H and O–H groups in total. The second kappa shape index (κ2) is 3.48. The highest BCUT2D eigenvalue weighted by molar-refractivity contribution is 7.89. The average molecular weight is 259 g/mol. The lowest BCUT2D eigenvalue weighted by Gasteiger charge is -2.05. The zero-order chi connectivity index (χ0) is 12.1. The van der Waals surface area contributed by atoms with Crippen LogP contribution in [0, 0.1) is 6.92 Å². The molecule has 0 fully saturated rings. The van der Waals surface area contributed by atoms with Gasteiger partial charge < -0.3 is 4.57 Å². The summed E-state index contributed by atoms with van der Waals surface area (Å²) in [6.45, 7) is 1.80. The highest BCUT2D eigenvalue weighted by Gasteiger charge is 2.17. The number of primary sulfonamides is 1. The van der Waals surface area contributed by atoms with E-state index in [0.29, 0.717) is 15.9 Å². The van der Waals surface area contributed by atoms with Crippen molar-refractivity contribution in [3.63, 3.8) is 0 Å². The number of hydrogen-bond donors (Lipinski definition) is 1. The van der Waals surface area contributed by atoms with Crippen molar-refractivity contribution >= 4 is 32.5 Å². The van der Waals surface area contributed by atoms with Crippen molar-refractivity contribution in [1.82, 2.24) is 4.57 Å². The van der Waals surface area contributed by atoms with Crippen LogP contribution in [0.1, 0.15) is 5.56 Å². The van der Waals surface area contributed by atoms with Crippen LogP contribution in [0.15, 0.2) is 23.2 Å². The number of hydrogen-bond acceptors (Lipinski definition) is 2. The van der Waals surface area contributed by atoms with E-state index in [9.17, 15) is 8.42 Å². The standard InChI is InChI=1S/C10H11ClN2O2S/c1-6-3-7-8(11)5-13(2)10(7)9(4-6)16(12,14)15/h3-5H,1-2H3,(H2,12,14,15). The highest BCUT2D eigenvalue weighted by atomic mass is 35.5. The van der Waals surface area contributed by atoms with E-state index < -0.39 is 10.0 Å². The molecular weight excluding hydrogens is 248 g/mol. The molecule has 2 aromatic rings. The van der Waals surface area contributed by atoms with Crippen molar-refractivity contribution in [3.05, 3.63) is 28.9 Å². The third-order valence-electron chi connectivity index (χ3n) is 2.44. The molecule has 6 heteroatoms. The third kappa shape index (κ3) is 1.71. The van der Waals surface area contributed by atoms with E-state index in [4.69, 9.17) is 16.7 Å². The second-order valence-corrected chi connectivity index (χ2v) is 5.73. The summed E-state index contributed by atoms with van der Waals surface area (Å²) in [5, 5.41) is 6.41. The van der Waals surface area contributed by atoms with Crippen LogP contribution in [0.5, 0.6) is 0 Å². The van der Waals surface area contributed by atoms with Crippen LogP contribution >= 0.6 is 11.6 Å². The Hall–Kier alpha value is -1.04. The summed E-state index contributed by atoms with van der Waals surface area (Å²) in [5.74, 6) is 0. The SMILES string of the molecule is Cc1cc(S(N)(=O)=O)c2c(c1)c(Cl)cn2C. The summed E-state index contributed by atoms with van der Waals surface area (Å²) in [7, 11) is -2.01. The minimum absolute atomic E-state index is 0.108. The molecule has 2 rings (SSSR count). The zero-order valence-corrected chi connectivity index (χ0v) is 10.4. The molecule has 0 aliphatic rings. The molecule has 0 bridgehead atoms. The highest BCUT2D eigenvalue weighted by Crippen LogP contribution is 2.30. The van der Waals surface area contributed by atoms with E-state index in [1.807, 2.05) is 6.07 Å². The van der Waals surface area contributed by atoms with E-state index in [1.165, 1.54) is 0 Å². The molecule has 0 atom stereocenters. The first-order valence-electron chi connectivity index (χ1n) is 4.58. The summed E-state index contributed by atoms with van der Waals surface area (Å²) < 4.78 is 24.6. The minimum atomic E-state index is -3.74. The number of rotatable bonds is 1. The number of nitrogens with zero attached hydrogens (tertiary/aromatic N) is 1. The largest absolute Gasteiger partial charge is 0.348 e. The number of benzene rings is 1. The lowest BCUT2D eigenvalue weighted by molar-refractivity contribution is 0.598. The first-order chi connectivity index (χ1) is 7.30. The predicted molar refractivity (Wildman–Crippen MR) is 64.0 cm³/mol. The number of fused-ring (bicyclic) bond motifs is 1. The fraction of sp³-hybridized carbons (Fsp3) is 0.200. The molecule has 0 saturated carbocycles. The molecule has 0 radical (unpaired) electrons. The Labute approximate surface area is 98.7 Å². The average Bonchev–Trinajstić information content (AvgIpc) is 2.40. The van der Waals surface area contributed by atoms with Crippen molar-refractivity contribution in [1.29, 1.82) is 0 Å². The van der Waals surface area contributed by atoms with Gasteiger partial charge in [-0.05, 0) is 24.6 Å². The lowest BCUT2D eigenvalue weighted by Crippen LogP contribution is -2.13. The fourth-order valence-electron chi connectivity index (χ4n) is 1.81. The van der Waals surface area contributed by atoms with Gasteiger partial charge in [-0.3, -0.25) is 0 Å². The fourth-order valence-corrected chi connectivity index (χ4v) is 2.98. The van der Waals surface area contributed by atoms with E-state index in [2.05, 4.69) is 0 Å². The van der Waals surface area contributed by atoms with Crippen LogP contribution < -0.4 is 5.14 Å². The number of nitrogens with two attached hydrogens (primary N) is 1. The van der Waals surface area contributed by atoms with E-state index in [-0.39, 0.29) is 4.90 Å². The first-order valence-corrected chi connectivity index (χ1v) is 6.51. The zero-order valence-electron chi connectivity index (χ0n) is 8.86. The van der Waals surface area contributed by atoms with Gasteiger partial charge in [0.15, 0.2) is 0 Å². The second-order valence-electron chi connectivity index (χ2n) is 3.79. The lowest BCUT2D eigenvalue weighted by atomic mass is 10.2. The quantitative estimate of drug-likeness (QED) is 0.848. The summed E-state index contributed by atoms with van der Waals surface area (Å²) in [6.07, 6.45) is 1.67. The molecule has 0 saturated heterocycles. The predicted octanol–water partition coefficient (Wildman–Crippen LogP) is 1.79. The Kier molecular flexibility index (Phi) is 2.49. The summed E-state index contributed by atoms with van der Waals surface area (Å²) in [6, 6.07) is 3.39. The summed E-state index contributed by atoms with van der Waals surface area (Å²) in [4.78, 5) is 0.108. The number of aryl methyl sites for hydroxylation is 2. The summed E-state index contributed by atoms with van der Waals surface area (Å²) in [5.41, 5.74) is 1.35. The topological polar surface area (TPSA) is 65.1 Å². The minimum Gasteiger partial charge on any atom is -0.348 e. The van der Waals surface area contributed by atoms with E-state index in [0.717, 1.165) is 5.56 Å². The Bertz CT molecular complexity index is 674. The monoisotopic (exact) mass is 258 g/mol. The van der Waals surface area contributed by atoms with Crippen LogP contribution in [0.25, 0.3) is 10.9 Å².